The second-order valence-corrected chi connectivity index (χ2v) is 5.94. The molecule has 1 aromatic rings. The highest BCUT2D eigenvalue weighted by Gasteiger charge is 2.25. The lowest BCUT2D eigenvalue weighted by Crippen LogP contribution is -2.45. The van der Waals surface area contributed by atoms with Gasteiger partial charge in [0.2, 0.25) is 0 Å². The molecular formula is C18H27NO3. The minimum absolute atomic E-state index is 0.0203. The summed E-state index contributed by atoms with van der Waals surface area (Å²) < 4.78 is 5.27. The molecule has 4 heteroatoms. The quantitative estimate of drug-likeness (QED) is 0.591. The van der Waals surface area contributed by atoms with Crippen LogP contribution in [-0.2, 0) is 9.53 Å². The Morgan fingerprint density at radius 3 is 2.32 bits per heavy atom. The lowest BCUT2D eigenvalue weighted by atomic mass is 10.0. The van der Waals surface area contributed by atoms with Crippen LogP contribution in [0.3, 0.4) is 0 Å². The van der Waals surface area contributed by atoms with E-state index < -0.39 is 6.04 Å². The number of ether oxygens (including phenoxy) is 1. The Bertz CT molecular complexity index is 480. The summed E-state index contributed by atoms with van der Waals surface area (Å²) in [5.41, 5.74) is 1.64. The highest BCUT2D eigenvalue weighted by atomic mass is 16.5. The summed E-state index contributed by atoms with van der Waals surface area (Å²) in [6.07, 6.45) is 2.98. The minimum atomic E-state index is -0.615. The first-order valence-electron chi connectivity index (χ1n) is 7.99. The standard InChI is InChI=1S/C18H27NO3/c1-5-6-7-12-22-18(21)16(13(2)3)19-17(20)15-10-8-14(4)9-11-15/h8-11,13,16H,5-7,12H2,1-4H3,(H,19,20). The van der Waals surface area contributed by atoms with Gasteiger partial charge in [-0.15, -0.1) is 0 Å². The zero-order valence-electron chi connectivity index (χ0n) is 14.0. The number of hydrogen-bond acceptors (Lipinski definition) is 3. The third-order valence-corrected chi connectivity index (χ3v) is 3.51. The maximum atomic E-state index is 12.2. The number of hydrogen-bond donors (Lipinski definition) is 1. The van der Waals surface area contributed by atoms with Gasteiger partial charge >= 0.3 is 5.97 Å². The molecule has 0 saturated carbocycles. The van der Waals surface area contributed by atoms with E-state index in [1.807, 2.05) is 32.9 Å². The van der Waals surface area contributed by atoms with Gasteiger partial charge in [0, 0.05) is 5.56 Å². The fraction of sp³-hybridized carbons (Fsp3) is 0.556. The van der Waals surface area contributed by atoms with Crippen LogP contribution >= 0.6 is 0 Å². The Balaban J connectivity index is 2.61. The smallest absolute Gasteiger partial charge is 0.328 e. The summed E-state index contributed by atoms with van der Waals surface area (Å²) in [6, 6.07) is 6.66. The normalized spacial score (nSPS) is 12.0. The third-order valence-electron chi connectivity index (χ3n) is 3.51. The molecule has 1 atom stereocenters. The number of unbranched alkanes of at least 4 members (excludes halogenated alkanes) is 2. The molecule has 1 amide bonds. The van der Waals surface area contributed by atoms with E-state index >= 15 is 0 Å². The topological polar surface area (TPSA) is 55.4 Å². The SMILES string of the molecule is CCCCCOC(=O)C(NC(=O)c1ccc(C)cc1)C(C)C. The van der Waals surface area contributed by atoms with Crippen LogP contribution in [0, 0.1) is 12.8 Å². The summed E-state index contributed by atoms with van der Waals surface area (Å²) in [5.74, 6) is -0.621. The Hall–Kier alpha value is -1.84. The van der Waals surface area contributed by atoms with Crippen molar-refractivity contribution in [3.05, 3.63) is 35.4 Å². The van der Waals surface area contributed by atoms with Gasteiger partial charge in [0.25, 0.3) is 5.91 Å². The van der Waals surface area contributed by atoms with Crippen molar-refractivity contribution in [2.45, 2.75) is 53.0 Å². The fourth-order valence-corrected chi connectivity index (χ4v) is 2.04. The van der Waals surface area contributed by atoms with Crippen LogP contribution in [0.4, 0.5) is 0 Å². The van der Waals surface area contributed by atoms with Crippen molar-refractivity contribution in [1.82, 2.24) is 5.32 Å². The molecule has 0 radical (unpaired) electrons. The second-order valence-electron chi connectivity index (χ2n) is 5.94. The largest absolute Gasteiger partial charge is 0.464 e. The predicted octanol–water partition coefficient (Wildman–Crippen LogP) is 3.48. The van der Waals surface area contributed by atoms with Gasteiger partial charge in [-0.3, -0.25) is 4.79 Å². The molecule has 122 valence electrons. The van der Waals surface area contributed by atoms with Crippen molar-refractivity contribution < 1.29 is 14.3 Å². The first-order valence-corrected chi connectivity index (χ1v) is 7.99. The van der Waals surface area contributed by atoms with Crippen LogP contribution in [0.15, 0.2) is 24.3 Å². The van der Waals surface area contributed by atoms with Gasteiger partial charge in [-0.2, -0.15) is 0 Å². The van der Waals surface area contributed by atoms with E-state index in [9.17, 15) is 9.59 Å². The zero-order valence-corrected chi connectivity index (χ0v) is 14.0. The molecule has 1 aromatic carbocycles. The monoisotopic (exact) mass is 305 g/mol. The minimum Gasteiger partial charge on any atom is -0.464 e. The van der Waals surface area contributed by atoms with Crippen molar-refractivity contribution in [3.8, 4) is 0 Å². The molecule has 0 saturated heterocycles. The maximum Gasteiger partial charge on any atom is 0.328 e. The average molecular weight is 305 g/mol. The first kappa shape index (κ1) is 18.2. The maximum absolute atomic E-state index is 12.2. The molecule has 1 N–H and O–H groups in total. The number of carbonyl (C=O) groups excluding carboxylic acids is 2. The van der Waals surface area contributed by atoms with E-state index in [2.05, 4.69) is 12.2 Å². The van der Waals surface area contributed by atoms with Crippen LogP contribution < -0.4 is 5.32 Å². The molecule has 1 rings (SSSR count). The molecule has 0 aromatic heterocycles. The number of benzene rings is 1. The molecule has 22 heavy (non-hydrogen) atoms. The van der Waals surface area contributed by atoms with Gasteiger partial charge in [0.05, 0.1) is 6.61 Å². The van der Waals surface area contributed by atoms with E-state index in [1.165, 1.54) is 0 Å². The van der Waals surface area contributed by atoms with Crippen molar-refractivity contribution in [1.29, 1.82) is 0 Å². The molecule has 0 fully saturated rings. The Kier molecular flexibility index (Phi) is 7.64. The number of carbonyl (C=O) groups is 2. The molecule has 1 unspecified atom stereocenters. The summed E-state index contributed by atoms with van der Waals surface area (Å²) in [6.45, 7) is 8.27. The third kappa shape index (κ3) is 5.88. The number of esters is 1. The number of amides is 1. The molecule has 0 aliphatic carbocycles. The predicted molar refractivity (Wildman–Crippen MR) is 87.8 cm³/mol. The highest BCUT2D eigenvalue weighted by Crippen LogP contribution is 2.08. The van der Waals surface area contributed by atoms with Gasteiger partial charge in [0.1, 0.15) is 6.04 Å². The lowest BCUT2D eigenvalue weighted by Gasteiger charge is -2.21. The number of nitrogens with one attached hydrogen (secondary N) is 1. The van der Waals surface area contributed by atoms with Crippen LogP contribution in [0.2, 0.25) is 0 Å². The average Bonchev–Trinajstić information content (AvgIpc) is 2.49. The van der Waals surface area contributed by atoms with E-state index in [-0.39, 0.29) is 17.8 Å². The lowest BCUT2D eigenvalue weighted by molar-refractivity contribution is -0.147. The molecule has 0 aliphatic rings. The van der Waals surface area contributed by atoms with Crippen molar-refractivity contribution in [2.75, 3.05) is 6.61 Å². The highest BCUT2D eigenvalue weighted by molar-refractivity contribution is 5.96. The van der Waals surface area contributed by atoms with Crippen LogP contribution in [0.1, 0.15) is 56.0 Å². The van der Waals surface area contributed by atoms with Gasteiger partial charge in [-0.1, -0.05) is 51.3 Å². The molecule has 4 nitrogen and oxygen atoms in total. The van der Waals surface area contributed by atoms with E-state index in [4.69, 9.17) is 4.74 Å². The Morgan fingerprint density at radius 1 is 1.14 bits per heavy atom. The Labute approximate surface area is 133 Å². The van der Waals surface area contributed by atoms with Crippen molar-refractivity contribution >= 4 is 11.9 Å². The van der Waals surface area contributed by atoms with Gasteiger partial charge < -0.3 is 10.1 Å². The zero-order chi connectivity index (χ0) is 16.5. The Morgan fingerprint density at radius 2 is 1.77 bits per heavy atom. The van der Waals surface area contributed by atoms with E-state index in [0.717, 1.165) is 24.8 Å². The van der Waals surface area contributed by atoms with Gasteiger partial charge in [-0.05, 0) is 31.4 Å². The van der Waals surface area contributed by atoms with E-state index in [1.54, 1.807) is 12.1 Å². The fourth-order valence-electron chi connectivity index (χ4n) is 2.04. The summed E-state index contributed by atoms with van der Waals surface area (Å²) >= 11 is 0. The van der Waals surface area contributed by atoms with Crippen LogP contribution in [0.25, 0.3) is 0 Å². The molecule has 0 aliphatic heterocycles. The van der Waals surface area contributed by atoms with Crippen molar-refractivity contribution in [2.24, 2.45) is 5.92 Å². The van der Waals surface area contributed by atoms with Crippen LogP contribution in [-0.4, -0.2) is 24.5 Å². The summed E-state index contributed by atoms with van der Waals surface area (Å²) in [4.78, 5) is 24.4. The first-order chi connectivity index (χ1) is 10.5. The molecule has 0 spiro atoms. The molecule has 0 bridgehead atoms. The van der Waals surface area contributed by atoms with Gasteiger partial charge in [0.15, 0.2) is 0 Å². The molecule has 0 heterocycles. The second kappa shape index (κ2) is 9.23. The van der Waals surface area contributed by atoms with Crippen LogP contribution in [0.5, 0.6) is 0 Å². The van der Waals surface area contributed by atoms with Crippen molar-refractivity contribution in [3.63, 3.8) is 0 Å². The summed E-state index contributed by atoms with van der Waals surface area (Å²) in [7, 11) is 0. The number of rotatable bonds is 8. The molecular weight excluding hydrogens is 278 g/mol. The summed E-state index contributed by atoms with van der Waals surface area (Å²) in [5, 5.41) is 2.78. The number of aryl methyl sites for hydroxylation is 1. The van der Waals surface area contributed by atoms with Gasteiger partial charge in [-0.25, -0.2) is 4.79 Å². The van der Waals surface area contributed by atoms with E-state index in [0.29, 0.717) is 12.2 Å².